The Balaban J connectivity index is 2.04. The Morgan fingerprint density at radius 2 is 2.05 bits per heavy atom. The Bertz CT molecular complexity index is 480. The molecule has 1 amide bonds. The average molecular weight is 279 g/mol. The number of nitrogens with two attached hydrogens (primary N) is 1. The molecule has 3 N–H and O–H groups in total. The fraction of sp³-hybridized carbons (Fsp3) is 0.786. The van der Waals surface area contributed by atoms with Crippen LogP contribution in [0.15, 0.2) is 0 Å². The number of carbonyl (C=O) groups is 1. The number of amides is 1. The number of rotatable bonds is 4. The summed E-state index contributed by atoms with van der Waals surface area (Å²) in [5.74, 6) is 2.44. The third-order valence-corrected chi connectivity index (χ3v) is 3.86. The first kappa shape index (κ1) is 15.0. The predicted molar refractivity (Wildman–Crippen MR) is 77.2 cm³/mol. The molecule has 2 rings (SSSR count). The second-order valence-electron chi connectivity index (χ2n) is 6.25. The van der Waals surface area contributed by atoms with Crippen molar-refractivity contribution >= 4 is 5.91 Å². The number of nitrogens with zero attached hydrogens (tertiary/aromatic N) is 3. The molecule has 0 fully saturated rings. The molecule has 0 bridgehead atoms. The highest BCUT2D eigenvalue weighted by Crippen LogP contribution is 2.20. The summed E-state index contributed by atoms with van der Waals surface area (Å²) in [5, 5.41) is 11.5. The van der Waals surface area contributed by atoms with E-state index in [0.717, 1.165) is 31.0 Å². The molecular formula is C14H25N5O. The van der Waals surface area contributed by atoms with E-state index in [2.05, 4.69) is 33.9 Å². The maximum absolute atomic E-state index is 12.0. The zero-order chi connectivity index (χ0) is 14.9. The lowest BCUT2D eigenvalue weighted by molar-refractivity contribution is -0.124. The summed E-state index contributed by atoms with van der Waals surface area (Å²) in [7, 11) is 0. The van der Waals surface area contributed by atoms with E-state index < -0.39 is 6.04 Å². The van der Waals surface area contributed by atoms with Gasteiger partial charge in [-0.25, -0.2) is 0 Å². The van der Waals surface area contributed by atoms with Gasteiger partial charge < -0.3 is 15.6 Å². The van der Waals surface area contributed by atoms with Crippen molar-refractivity contribution in [1.29, 1.82) is 0 Å². The number of hydrogen-bond acceptors (Lipinski definition) is 4. The molecule has 0 spiro atoms. The Morgan fingerprint density at radius 3 is 2.65 bits per heavy atom. The predicted octanol–water partition coefficient (Wildman–Crippen LogP) is 0.816. The van der Waals surface area contributed by atoms with Gasteiger partial charge in [0, 0.05) is 24.9 Å². The molecule has 1 unspecified atom stereocenters. The third-order valence-electron chi connectivity index (χ3n) is 3.86. The smallest absolute Gasteiger partial charge is 0.237 e. The van der Waals surface area contributed by atoms with E-state index in [1.54, 1.807) is 0 Å². The van der Waals surface area contributed by atoms with Crippen LogP contribution >= 0.6 is 0 Å². The Morgan fingerprint density at radius 1 is 1.35 bits per heavy atom. The van der Waals surface area contributed by atoms with Gasteiger partial charge in [-0.1, -0.05) is 27.7 Å². The van der Waals surface area contributed by atoms with Crippen LogP contribution in [0.25, 0.3) is 0 Å². The topological polar surface area (TPSA) is 85.8 Å². The normalized spacial score (nSPS) is 20.1. The minimum atomic E-state index is -0.443. The Hall–Kier alpha value is -1.43. The van der Waals surface area contributed by atoms with Crippen LogP contribution in [0.5, 0.6) is 0 Å². The van der Waals surface area contributed by atoms with E-state index in [4.69, 9.17) is 5.73 Å². The largest absolute Gasteiger partial charge is 0.350 e. The number of nitrogens with one attached hydrogen (secondary N) is 1. The molecule has 1 aliphatic rings. The lowest BCUT2D eigenvalue weighted by Gasteiger charge is -2.27. The lowest BCUT2D eigenvalue weighted by atomic mass is 10.0. The fourth-order valence-corrected chi connectivity index (χ4v) is 2.49. The summed E-state index contributed by atoms with van der Waals surface area (Å²) in [6.45, 7) is 8.87. The van der Waals surface area contributed by atoms with Crippen LogP contribution in [-0.4, -0.2) is 32.8 Å². The van der Waals surface area contributed by atoms with Crippen molar-refractivity contribution < 1.29 is 4.79 Å². The Labute approximate surface area is 120 Å². The number of carbonyl (C=O) groups excluding carboxylic acids is 1. The van der Waals surface area contributed by atoms with Crippen molar-refractivity contribution in [2.45, 2.75) is 65.1 Å². The van der Waals surface area contributed by atoms with Gasteiger partial charge in [0.1, 0.15) is 11.6 Å². The molecule has 20 heavy (non-hydrogen) atoms. The summed E-state index contributed by atoms with van der Waals surface area (Å²) in [5.41, 5.74) is 5.89. The van der Waals surface area contributed by atoms with Gasteiger partial charge in [0.2, 0.25) is 5.91 Å². The minimum Gasteiger partial charge on any atom is -0.350 e. The monoisotopic (exact) mass is 279 g/mol. The van der Waals surface area contributed by atoms with Gasteiger partial charge in [0.25, 0.3) is 0 Å². The molecule has 0 saturated carbocycles. The number of hydrogen-bond donors (Lipinski definition) is 2. The van der Waals surface area contributed by atoms with E-state index in [1.807, 2.05) is 13.8 Å². The summed E-state index contributed by atoms with van der Waals surface area (Å²) >= 11 is 0. The highest BCUT2D eigenvalue weighted by Gasteiger charge is 2.27. The molecule has 112 valence electrons. The maximum atomic E-state index is 12.0. The van der Waals surface area contributed by atoms with Gasteiger partial charge in [0.05, 0.1) is 6.04 Å². The van der Waals surface area contributed by atoms with Gasteiger partial charge in [-0.2, -0.15) is 0 Å². The first-order chi connectivity index (χ1) is 9.40. The molecule has 0 radical (unpaired) electrons. The van der Waals surface area contributed by atoms with Crippen LogP contribution in [0.2, 0.25) is 0 Å². The summed E-state index contributed by atoms with van der Waals surface area (Å²) in [4.78, 5) is 12.0. The van der Waals surface area contributed by atoms with Gasteiger partial charge >= 0.3 is 0 Å². The molecular weight excluding hydrogens is 254 g/mol. The van der Waals surface area contributed by atoms with E-state index in [9.17, 15) is 4.79 Å². The first-order valence-corrected chi connectivity index (χ1v) is 7.38. The molecule has 2 atom stereocenters. The van der Waals surface area contributed by atoms with E-state index in [1.165, 1.54) is 0 Å². The average Bonchev–Trinajstić information content (AvgIpc) is 2.80. The van der Waals surface area contributed by atoms with Gasteiger partial charge in [-0.15, -0.1) is 10.2 Å². The van der Waals surface area contributed by atoms with Crippen LogP contribution in [0.4, 0.5) is 0 Å². The highest BCUT2D eigenvalue weighted by atomic mass is 16.2. The zero-order valence-electron chi connectivity index (χ0n) is 12.8. The van der Waals surface area contributed by atoms with Crippen molar-refractivity contribution in [1.82, 2.24) is 20.1 Å². The van der Waals surface area contributed by atoms with Crippen LogP contribution in [-0.2, 0) is 17.8 Å². The zero-order valence-corrected chi connectivity index (χ0v) is 12.8. The molecule has 2 heterocycles. The van der Waals surface area contributed by atoms with Gasteiger partial charge in [0.15, 0.2) is 0 Å². The van der Waals surface area contributed by atoms with Crippen LogP contribution in [0.3, 0.4) is 0 Å². The van der Waals surface area contributed by atoms with Crippen molar-refractivity contribution in [3.63, 3.8) is 0 Å². The van der Waals surface area contributed by atoms with Crippen LogP contribution in [0, 0.1) is 5.92 Å². The summed E-state index contributed by atoms with van der Waals surface area (Å²) in [6, 6.07) is -0.324. The van der Waals surface area contributed by atoms with E-state index >= 15 is 0 Å². The first-order valence-electron chi connectivity index (χ1n) is 7.38. The SMILES string of the molecule is CC(C)c1nnc2n1CC(NC(=O)[C@@H](N)C(C)C)CC2. The molecule has 1 aromatic heterocycles. The minimum absolute atomic E-state index is 0.0624. The molecule has 0 aromatic carbocycles. The molecule has 6 heteroatoms. The molecule has 0 saturated heterocycles. The third kappa shape index (κ3) is 3.00. The molecule has 1 aliphatic heterocycles. The Kier molecular flexibility index (Phi) is 4.42. The lowest BCUT2D eigenvalue weighted by Crippen LogP contribution is -2.50. The quantitative estimate of drug-likeness (QED) is 0.854. The van der Waals surface area contributed by atoms with E-state index in [0.29, 0.717) is 5.92 Å². The van der Waals surface area contributed by atoms with Crippen LogP contribution in [0.1, 0.15) is 51.7 Å². The van der Waals surface area contributed by atoms with Crippen molar-refractivity contribution in [3.8, 4) is 0 Å². The summed E-state index contributed by atoms with van der Waals surface area (Å²) in [6.07, 6.45) is 1.74. The number of aromatic nitrogens is 3. The number of aryl methyl sites for hydroxylation is 1. The van der Waals surface area contributed by atoms with Crippen molar-refractivity contribution in [3.05, 3.63) is 11.6 Å². The molecule has 6 nitrogen and oxygen atoms in total. The second kappa shape index (κ2) is 5.91. The summed E-state index contributed by atoms with van der Waals surface area (Å²) < 4.78 is 2.14. The standard InChI is InChI=1S/C14H25N5O/c1-8(2)12(15)14(20)16-10-5-6-11-17-18-13(9(3)4)19(11)7-10/h8-10,12H,5-7,15H2,1-4H3,(H,16,20)/t10?,12-/m0/s1. The maximum Gasteiger partial charge on any atom is 0.237 e. The molecule has 1 aromatic rings. The number of fused-ring (bicyclic) bond motifs is 1. The second-order valence-corrected chi connectivity index (χ2v) is 6.25. The van der Waals surface area contributed by atoms with Gasteiger partial charge in [-0.3, -0.25) is 4.79 Å². The van der Waals surface area contributed by atoms with Gasteiger partial charge in [-0.05, 0) is 12.3 Å². The molecule has 0 aliphatic carbocycles. The van der Waals surface area contributed by atoms with Crippen molar-refractivity contribution in [2.75, 3.05) is 0 Å². The van der Waals surface area contributed by atoms with Crippen LogP contribution < -0.4 is 11.1 Å². The highest BCUT2D eigenvalue weighted by molar-refractivity contribution is 5.82. The van der Waals surface area contributed by atoms with E-state index in [-0.39, 0.29) is 17.9 Å². The van der Waals surface area contributed by atoms with Crippen molar-refractivity contribution in [2.24, 2.45) is 11.7 Å². The fourth-order valence-electron chi connectivity index (χ4n) is 2.49.